The molecule has 106 valence electrons. The fourth-order valence-electron chi connectivity index (χ4n) is 1.75. The van der Waals surface area contributed by atoms with Crippen LogP contribution in [0.25, 0.3) is 0 Å². The van der Waals surface area contributed by atoms with Gasteiger partial charge in [0.1, 0.15) is 17.2 Å². The van der Waals surface area contributed by atoms with Crippen molar-refractivity contribution in [2.24, 2.45) is 0 Å². The molecule has 2 aromatic carbocycles. The third kappa shape index (κ3) is 3.38. The second-order valence-corrected chi connectivity index (χ2v) is 4.11. The lowest BCUT2D eigenvalue weighted by Crippen LogP contribution is -1.96. The van der Waals surface area contributed by atoms with Crippen molar-refractivity contribution in [1.82, 2.24) is 0 Å². The second-order valence-electron chi connectivity index (χ2n) is 4.11. The monoisotopic (exact) mass is 279 g/mol. The smallest absolute Gasteiger partial charge is 0.267 e. The quantitative estimate of drug-likeness (QED) is 0.825. The van der Waals surface area contributed by atoms with Gasteiger partial charge in [0.05, 0.1) is 12.2 Å². The van der Waals surface area contributed by atoms with Gasteiger partial charge in [0.2, 0.25) is 0 Å². The van der Waals surface area contributed by atoms with E-state index < -0.39 is 6.43 Å². The van der Waals surface area contributed by atoms with Crippen molar-refractivity contribution in [3.8, 4) is 17.2 Å². The van der Waals surface area contributed by atoms with E-state index in [1.165, 1.54) is 18.2 Å². The molecule has 3 nitrogen and oxygen atoms in total. The van der Waals surface area contributed by atoms with Gasteiger partial charge in [0.15, 0.2) is 0 Å². The molecule has 0 saturated heterocycles. The molecule has 2 N–H and O–H groups in total. The molecule has 0 unspecified atom stereocenters. The van der Waals surface area contributed by atoms with Gasteiger partial charge < -0.3 is 15.2 Å². The zero-order chi connectivity index (χ0) is 14.5. The lowest BCUT2D eigenvalue weighted by atomic mass is 10.2. The van der Waals surface area contributed by atoms with E-state index in [1.807, 2.05) is 6.92 Å². The molecule has 0 bridgehead atoms. The Bertz CT molecular complexity index is 588. The molecule has 0 atom stereocenters. The number of halogens is 2. The lowest BCUT2D eigenvalue weighted by Gasteiger charge is -2.12. The van der Waals surface area contributed by atoms with Crippen molar-refractivity contribution >= 4 is 5.69 Å². The molecule has 0 radical (unpaired) electrons. The first-order valence-corrected chi connectivity index (χ1v) is 6.18. The van der Waals surface area contributed by atoms with Gasteiger partial charge >= 0.3 is 0 Å². The molecule has 0 aliphatic rings. The standard InChI is InChI=1S/C15H15F2NO2/c1-2-19-11-4-3-5-12(9-11)20-14-7-6-10(18)8-13(14)15(16)17/h3-9,15H,2,18H2,1H3. The van der Waals surface area contributed by atoms with E-state index in [-0.39, 0.29) is 17.0 Å². The molecule has 0 aliphatic heterocycles. The minimum Gasteiger partial charge on any atom is -0.494 e. The van der Waals surface area contributed by atoms with Crippen LogP contribution in [0.4, 0.5) is 14.5 Å². The maximum Gasteiger partial charge on any atom is 0.267 e. The third-order valence-corrected chi connectivity index (χ3v) is 2.61. The van der Waals surface area contributed by atoms with Gasteiger partial charge in [-0.2, -0.15) is 0 Å². The fraction of sp³-hybridized carbons (Fsp3) is 0.200. The van der Waals surface area contributed by atoms with E-state index in [2.05, 4.69) is 0 Å². The predicted molar refractivity (Wildman–Crippen MR) is 73.5 cm³/mol. The summed E-state index contributed by atoms with van der Waals surface area (Å²) < 4.78 is 36.7. The normalized spacial score (nSPS) is 10.6. The molecule has 0 fully saturated rings. The first kappa shape index (κ1) is 14.1. The van der Waals surface area contributed by atoms with E-state index >= 15 is 0 Å². The minimum absolute atomic E-state index is 0.0860. The number of alkyl halides is 2. The lowest BCUT2D eigenvalue weighted by molar-refractivity contribution is 0.148. The average molecular weight is 279 g/mol. The Labute approximate surface area is 115 Å². The third-order valence-electron chi connectivity index (χ3n) is 2.61. The number of ether oxygens (including phenoxy) is 2. The van der Waals surface area contributed by atoms with Crippen molar-refractivity contribution in [2.45, 2.75) is 13.3 Å². The van der Waals surface area contributed by atoms with Crippen molar-refractivity contribution in [2.75, 3.05) is 12.3 Å². The predicted octanol–water partition coefficient (Wildman–Crippen LogP) is 4.40. The van der Waals surface area contributed by atoms with Crippen molar-refractivity contribution in [3.05, 3.63) is 48.0 Å². The van der Waals surface area contributed by atoms with Crippen molar-refractivity contribution in [3.63, 3.8) is 0 Å². The summed E-state index contributed by atoms with van der Waals surface area (Å²) in [5, 5.41) is 0. The van der Waals surface area contributed by atoms with Crippen LogP contribution in [0, 0.1) is 0 Å². The summed E-state index contributed by atoms with van der Waals surface area (Å²) in [6.45, 7) is 2.38. The van der Waals surface area contributed by atoms with Gasteiger partial charge in [0.25, 0.3) is 6.43 Å². The number of nitrogen functional groups attached to an aromatic ring is 1. The van der Waals surface area contributed by atoms with Crippen LogP contribution in [-0.2, 0) is 0 Å². The van der Waals surface area contributed by atoms with Gasteiger partial charge in [-0.15, -0.1) is 0 Å². The summed E-state index contributed by atoms with van der Waals surface area (Å²) in [5.74, 6) is 1.14. The Morgan fingerprint density at radius 1 is 1.10 bits per heavy atom. The Morgan fingerprint density at radius 3 is 2.55 bits per heavy atom. The van der Waals surface area contributed by atoms with Crippen LogP contribution in [0.3, 0.4) is 0 Å². The summed E-state index contributed by atoms with van der Waals surface area (Å²) in [5.41, 5.74) is 5.56. The summed E-state index contributed by atoms with van der Waals surface area (Å²) in [7, 11) is 0. The molecule has 2 aromatic rings. The number of benzene rings is 2. The van der Waals surface area contributed by atoms with Crippen LogP contribution in [0.1, 0.15) is 18.9 Å². The van der Waals surface area contributed by atoms with E-state index in [0.29, 0.717) is 18.1 Å². The zero-order valence-electron chi connectivity index (χ0n) is 11.0. The molecule has 0 aliphatic carbocycles. The number of hydrogen-bond donors (Lipinski definition) is 1. The van der Waals surface area contributed by atoms with Crippen molar-refractivity contribution < 1.29 is 18.3 Å². The zero-order valence-corrected chi connectivity index (χ0v) is 11.0. The van der Waals surface area contributed by atoms with Gasteiger partial charge in [-0.3, -0.25) is 0 Å². The topological polar surface area (TPSA) is 44.5 Å². The summed E-state index contributed by atoms with van der Waals surface area (Å²) in [4.78, 5) is 0. The first-order valence-electron chi connectivity index (χ1n) is 6.18. The summed E-state index contributed by atoms with van der Waals surface area (Å²) in [6.07, 6.45) is -2.65. The Kier molecular flexibility index (Phi) is 4.40. The van der Waals surface area contributed by atoms with Crippen LogP contribution < -0.4 is 15.2 Å². The van der Waals surface area contributed by atoms with Crippen molar-refractivity contribution in [1.29, 1.82) is 0 Å². The molecule has 5 heteroatoms. The number of anilines is 1. The highest BCUT2D eigenvalue weighted by atomic mass is 19.3. The Hall–Kier alpha value is -2.30. The SMILES string of the molecule is CCOc1cccc(Oc2ccc(N)cc2C(F)F)c1. The van der Waals surface area contributed by atoms with Gasteiger partial charge in [-0.05, 0) is 37.3 Å². The van der Waals surface area contributed by atoms with E-state index in [4.69, 9.17) is 15.2 Å². The molecular formula is C15H15F2NO2. The van der Waals surface area contributed by atoms with Crippen LogP contribution in [-0.4, -0.2) is 6.61 Å². The molecule has 0 aromatic heterocycles. The second kappa shape index (κ2) is 6.23. The van der Waals surface area contributed by atoms with Crippen LogP contribution in [0.5, 0.6) is 17.2 Å². The molecule has 0 spiro atoms. The molecule has 0 saturated carbocycles. The van der Waals surface area contributed by atoms with E-state index in [0.717, 1.165) is 0 Å². The maximum atomic E-state index is 13.0. The Morgan fingerprint density at radius 2 is 1.85 bits per heavy atom. The molecule has 0 amide bonds. The highest BCUT2D eigenvalue weighted by Crippen LogP contribution is 2.34. The van der Waals surface area contributed by atoms with Gasteiger partial charge in [-0.25, -0.2) is 8.78 Å². The summed E-state index contributed by atoms with van der Waals surface area (Å²) >= 11 is 0. The fourth-order valence-corrected chi connectivity index (χ4v) is 1.75. The average Bonchev–Trinajstić information content (AvgIpc) is 2.41. The molecule has 0 heterocycles. The van der Waals surface area contributed by atoms with Gasteiger partial charge in [-0.1, -0.05) is 6.07 Å². The maximum absolute atomic E-state index is 13.0. The molecule has 2 rings (SSSR count). The highest BCUT2D eigenvalue weighted by molar-refractivity contribution is 5.50. The Balaban J connectivity index is 2.27. The number of hydrogen-bond acceptors (Lipinski definition) is 3. The van der Waals surface area contributed by atoms with E-state index in [1.54, 1.807) is 24.3 Å². The van der Waals surface area contributed by atoms with Gasteiger partial charge in [0, 0.05) is 11.8 Å². The summed E-state index contributed by atoms with van der Waals surface area (Å²) in [6, 6.07) is 11.0. The number of rotatable bonds is 5. The van der Waals surface area contributed by atoms with Crippen LogP contribution in [0.15, 0.2) is 42.5 Å². The minimum atomic E-state index is -2.65. The van der Waals surface area contributed by atoms with E-state index in [9.17, 15) is 8.78 Å². The molecule has 20 heavy (non-hydrogen) atoms. The molecular weight excluding hydrogens is 264 g/mol. The first-order chi connectivity index (χ1) is 9.60. The van der Waals surface area contributed by atoms with Crippen LogP contribution >= 0.6 is 0 Å². The van der Waals surface area contributed by atoms with Crippen LogP contribution in [0.2, 0.25) is 0 Å². The highest BCUT2D eigenvalue weighted by Gasteiger charge is 2.15. The number of nitrogens with two attached hydrogens (primary N) is 1. The largest absolute Gasteiger partial charge is 0.494 e.